The number of halogens is 4. The van der Waals surface area contributed by atoms with Crippen LogP contribution in [0.15, 0.2) is 36.5 Å². The second kappa shape index (κ2) is 6.53. The lowest BCUT2D eigenvalue weighted by molar-refractivity contribution is 0.0992. The number of rotatable bonds is 4. The number of ether oxygens (including phenoxy) is 1. The highest BCUT2D eigenvalue weighted by Gasteiger charge is 2.25. The van der Waals surface area contributed by atoms with Crippen molar-refractivity contribution in [3.05, 3.63) is 64.3 Å². The van der Waals surface area contributed by atoms with Crippen molar-refractivity contribution < 1.29 is 18.3 Å². The number of ketones is 1. The number of nitrogens with one attached hydrogen (secondary N) is 1. The molecule has 2 aromatic carbocycles. The number of carbonyl (C=O) groups is 1. The number of hydrogen-bond donors (Lipinski definition) is 1. The molecule has 0 aliphatic heterocycles. The molecule has 1 heterocycles. The Labute approximate surface area is 149 Å². The average molecular weight is 415 g/mol. The van der Waals surface area contributed by atoms with Gasteiger partial charge < -0.3 is 9.72 Å². The van der Waals surface area contributed by atoms with Crippen LogP contribution in [0.1, 0.15) is 20.7 Å². The van der Waals surface area contributed by atoms with E-state index in [1.54, 1.807) is 18.2 Å². The van der Waals surface area contributed by atoms with Gasteiger partial charge >= 0.3 is 0 Å². The zero-order chi connectivity index (χ0) is 17.4. The normalized spacial score (nSPS) is 12.4. The first kappa shape index (κ1) is 16.9. The van der Waals surface area contributed by atoms with Gasteiger partial charge in [0.2, 0.25) is 0 Å². The Morgan fingerprint density at radius 1 is 1.25 bits per heavy atom. The molecule has 0 bridgehead atoms. The van der Waals surface area contributed by atoms with Crippen molar-refractivity contribution in [2.24, 2.45) is 0 Å². The number of fused-ring (bicyclic) bond motifs is 1. The van der Waals surface area contributed by atoms with Gasteiger partial charge in [0.25, 0.3) is 0 Å². The van der Waals surface area contributed by atoms with Crippen molar-refractivity contribution in [2.45, 2.75) is 4.83 Å². The fourth-order valence-electron chi connectivity index (χ4n) is 2.49. The number of methoxy groups -OCH3 is 1. The number of aromatic nitrogens is 1. The predicted octanol–water partition coefficient (Wildman–Crippen LogP) is 5.43. The van der Waals surface area contributed by atoms with E-state index < -0.39 is 16.5 Å². The summed E-state index contributed by atoms with van der Waals surface area (Å²) in [4.78, 5) is 14.9. The maximum absolute atomic E-state index is 13.5. The molecule has 124 valence electrons. The molecule has 0 saturated heterocycles. The molecule has 0 fully saturated rings. The van der Waals surface area contributed by atoms with Crippen molar-refractivity contribution in [1.82, 2.24) is 4.98 Å². The fraction of sp³-hybridized carbons (Fsp3) is 0.118. The number of H-pyrrole nitrogens is 1. The largest absolute Gasteiger partial charge is 0.496 e. The van der Waals surface area contributed by atoms with E-state index in [2.05, 4.69) is 20.9 Å². The first-order chi connectivity index (χ1) is 11.4. The van der Waals surface area contributed by atoms with Gasteiger partial charge in [0.15, 0.2) is 17.4 Å². The molecule has 1 N–H and O–H groups in total. The molecule has 0 amide bonds. The average Bonchev–Trinajstić information content (AvgIpc) is 2.96. The number of carbonyl (C=O) groups excluding carboxylic acids is 1. The number of Topliss-reactive ketones (excluding diaryl/α,β-unsaturated/α-hetero) is 1. The molecule has 1 atom stereocenters. The maximum atomic E-state index is 13.5. The highest BCUT2D eigenvalue weighted by molar-refractivity contribution is 9.09. The van der Waals surface area contributed by atoms with Gasteiger partial charge in [0, 0.05) is 39.3 Å². The summed E-state index contributed by atoms with van der Waals surface area (Å²) in [5.41, 5.74) is 1.19. The number of aromatic amines is 1. The molecule has 3 rings (SSSR count). The van der Waals surface area contributed by atoms with E-state index in [-0.39, 0.29) is 11.3 Å². The minimum atomic E-state index is -1.01. The monoisotopic (exact) mass is 413 g/mol. The van der Waals surface area contributed by atoms with Gasteiger partial charge in [-0.15, -0.1) is 0 Å². The summed E-state index contributed by atoms with van der Waals surface area (Å²) in [6, 6.07) is 6.95. The number of benzene rings is 2. The maximum Gasteiger partial charge on any atom is 0.183 e. The Morgan fingerprint density at radius 2 is 1.96 bits per heavy atom. The summed E-state index contributed by atoms with van der Waals surface area (Å²) in [5.74, 6) is -1.84. The second-order valence-corrected chi connectivity index (χ2v) is 6.48. The zero-order valence-electron chi connectivity index (χ0n) is 12.4. The van der Waals surface area contributed by atoms with E-state index in [4.69, 9.17) is 16.3 Å². The molecule has 24 heavy (non-hydrogen) atoms. The van der Waals surface area contributed by atoms with E-state index in [1.165, 1.54) is 13.3 Å². The van der Waals surface area contributed by atoms with Crippen molar-refractivity contribution in [2.75, 3.05) is 7.11 Å². The Kier molecular flexibility index (Phi) is 4.60. The smallest absolute Gasteiger partial charge is 0.183 e. The van der Waals surface area contributed by atoms with E-state index in [9.17, 15) is 13.6 Å². The van der Waals surface area contributed by atoms with E-state index >= 15 is 0 Å². The highest BCUT2D eigenvalue weighted by atomic mass is 79.9. The van der Waals surface area contributed by atoms with Crippen molar-refractivity contribution in [3.63, 3.8) is 0 Å². The number of hydrogen-bond acceptors (Lipinski definition) is 2. The summed E-state index contributed by atoms with van der Waals surface area (Å²) >= 11 is 9.28. The molecule has 3 nitrogen and oxygen atoms in total. The molecular weight excluding hydrogens is 404 g/mol. The molecule has 0 saturated carbocycles. The van der Waals surface area contributed by atoms with Crippen LogP contribution in [-0.2, 0) is 0 Å². The van der Waals surface area contributed by atoms with Gasteiger partial charge in [-0.25, -0.2) is 8.78 Å². The van der Waals surface area contributed by atoms with Crippen LogP contribution in [0.3, 0.4) is 0 Å². The van der Waals surface area contributed by atoms with Crippen molar-refractivity contribution in [3.8, 4) is 5.75 Å². The van der Waals surface area contributed by atoms with Crippen LogP contribution in [0.2, 0.25) is 5.02 Å². The van der Waals surface area contributed by atoms with Gasteiger partial charge in [-0.05, 0) is 18.2 Å². The van der Waals surface area contributed by atoms with Gasteiger partial charge in [0.05, 0.1) is 7.11 Å². The molecule has 0 radical (unpaired) electrons. The first-order valence-electron chi connectivity index (χ1n) is 6.90. The summed E-state index contributed by atoms with van der Waals surface area (Å²) in [5, 5.41) is 0.795. The summed E-state index contributed by atoms with van der Waals surface area (Å²) in [6.07, 6.45) is 1.43. The Bertz CT molecular complexity index is 942. The molecule has 3 aromatic rings. The van der Waals surface area contributed by atoms with Crippen LogP contribution >= 0.6 is 27.5 Å². The van der Waals surface area contributed by atoms with Crippen LogP contribution < -0.4 is 4.74 Å². The SMILES string of the molecule is COc1cc(Cl)ccc1C(Br)C(=O)c1c[nH]c2cc(F)c(F)cc12. The van der Waals surface area contributed by atoms with Gasteiger partial charge in [0.1, 0.15) is 10.6 Å². The summed E-state index contributed by atoms with van der Waals surface area (Å²) in [6.45, 7) is 0. The van der Waals surface area contributed by atoms with Gasteiger partial charge in [-0.3, -0.25) is 4.79 Å². The van der Waals surface area contributed by atoms with Crippen molar-refractivity contribution in [1.29, 1.82) is 0 Å². The minimum Gasteiger partial charge on any atom is -0.496 e. The van der Waals surface area contributed by atoms with Gasteiger partial charge in [-0.1, -0.05) is 33.6 Å². The third-order valence-electron chi connectivity index (χ3n) is 3.69. The van der Waals surface area contributed by atoms with E-state index in [0.717, 1.165) is 12.1 Å². The highest BCUT2D eigenvalue weighted by Crippen LogP contribution is 2.37. The quantitative estimate of drug-likeness (QED) is 0.457. The fourth-order valence-corrected chi connectivity index (χ4v) is 3.28. The summed E-state index contributed by atoms with van der Waals surface area (Å²) in [7, 11) is 1.48. The van der Waals surface area contributed by atoms with Crippen LogP contribution in [0, 0.1) is 11.6 Å². The Hall–Kier alpha value is -1.92. The van der Waals surface area contributed by atoms with Crippen LogP contribution in [-0.4, -0.2) is 17.9 Å². The molecule has 1 unspecified atom stereocenters. The Balaban J connectivity index is 2.04. The molecule has 0 aliphatic carbocycles. The minimum absolute atomic E-state index is 0.253. The van der Waals surface area contributed by atoms with Crippen LogP contribution in [0.5, 0.6) is 5.75 Å². The molecule has 0 spiro atoms. The molecule has 7 heteroatoms. The van der Waals surface area contributed by atoms with Crippen LogP contribution in [0.25, 0.3) is 10.9 Å². The zero-order valence-corrected chi connectivity index (χ0v) is 14.7. The van der Waals surface area contributed by atoms with Gasteiger partial charge in [-0.2, -0.15) is 0 Å². The Morgan fingerprint density at radius 3 is 2.67 bits per heavy atom. The van der Waals surface area contributed by atoms with Crippen LogP contribution in [0.4, 0.5) is 8.78 Å². The second-order valence-electron chi connectivity index (χ2n) is 5.13. The lowest BCUT2D eigenvalue weighted by Gasteiger charge is -2.13. The van der Waals surface area contributed by atoms with E-state index in [1.807, 2.05) is 0 Å². The third kappa shape index (κ3) is 2.91. The molecule has 0 aliphatic rings. The van der Waals surface area contributed by atoms with Crippen molar-refractivity contribution >= 4 is 44.2 Å². The van der Waals surface area contributed by atoms with E-state index in [0.29, 0.717) is 27.2 Å². The first-order valence-corrected chi connectivity index (χ1v) is 8.19. The number of alkyl halides is 1. The third-order valence-corrected chi connectivity index (χ3v) is 4.83. The lowest BCUT2D eigenvalue weighted by Crippen LogP contribution is -2.08. The topological polar surface area (TPSA) is 42.1 Å². The molecule has 1 aromatic heterocycles. The predicted molar refractivity (Wildman–Crippen MR) is 92.2 cm³/mol. The molecular formula is C17H11BrClF2NO2. The summed E-state index contributed by atoms with van der Waals surface area (Å²) < 4.78 is 32.1. The standard InChI is InChI=1S/C17H11BrClF2NO2/c1-24-15-4-8(19)2-3-9(15)16(18)17(23)11-7-22-14-6-13(21)12(20)5-10(11)14/h2-7,16,22H,1H3. The lowest BCUT2D eigenvalue weighted by atomic mass is 10.0.